The van der Waals surface area contributed by atoms with Crippen molar-refractivity contribution in [1.82, 2.24) is 19.9 Å². The summed E-state index contributed by atoms with van der Waals surface area (Å²) in [5, 5.41) is 11.2. The van der Waals surface area contributed by atoms with Crippen molar-refractivity contribution in [1.29, 1.82) is 0 Å². The number of rotatable bonds is 3. The molecule has 0 spiro atoms. The van der Waals surface area contributed by atoms with Gasteiger partial charge in [0.15, 0.2) is 11.5 Å². The van der Waals surface area contributed by atoms with Gasteiger partial charge >= 0.3 is 0 Å². The highest BCUT2D eigenvalue weighted by atomic mass is 32.1. The number of hydrogen-bond acceptors (Lipinski definition) is 4. The molecule has 1 N–H and O–H groups in total. The van der Waals surface area contributed by atoms with Gasteiger partial charge in [-0.1, -0.05) is 6.07 Å². The summed E-state index contributed by atoms with van der Waals surface area (Å²) in [6.07, 6.45) is 1.89. The molecule has 0 aromatic carbocycles. The van der Waals surface area contributed by atoms with Crippen LogP contribution in [0.3, 0.4) is 0 Å². The number of nitrogens with one attached hydrogen (secondary N) is 1. The second kappa shape index (κ2) is 5.05. The highest BCUT2D eigenvalue weighted by molar-refractivity contribution is 7.13. The number of amides is 1. The molecule has 3 rings (SSSR count). The molecule has 6 heteroatoms. The van der Waals surface area contributed by atoms with E-state index >= 15 is 0 Å². The lowest BCUT2D eigenvalue weighted by Gasteiger charge is -2.11. The number of hydrogen-bond donors (Lipinski definition) is 1. The van der Waals surface area contributed by atoms with Crippen molar-refractivity contribution < 1.29 is 4.79 Å². The highest BCUT2D eigenvalue weighted by Crippen LogP contribution is 2.17. The van der Waals surface area contributed by atoms with Crippen molar-refractivity contribution in [2.75, 3.05) is 0 Å². The van der Waals surface area contributed by atoms with E-state index < -0.39 is 0 Å². The summed E-state index contributed by atoms with van der Waals surface area (Å²) in [5.74, 6) is 0.644. The van der Waals surface area contributed by atoms with E-state index in [1.54, 1.807) is 0 Å². The fraction of sp³-hybridized carbons (Fsp3) is 0.214. The minimum Gasteiger partial charge on any atom is -0.342 e. The largest absolute Gasteiger partial charge is 0.342 e. The summed E-state index contributed by atoms with van der Waals surface area (Å²) in [5.41, 5.74) is 0.774. The Balaban J connectivity index is 1.82. The molecule has 1 amide bonds. The SMILES string of the molecule is Cc1ccc(C(=O)NC(C)c2nnc3ccccn23)s1. The van der Waals surface area contributed by atoms with Gasteiger partial charge in [-0.2, -0.15) is 0 Å². The molecule has 3 aromatic rings. The Labute approximate surface area is 120 Å². The maximum atomic E-state index is 12.1. The Morgan fingerprint density at radius 3 is 2.90 bits per heavy atom. The molecule has 0 saturated heterocycles. The first-order chi connectivity index (χ1) is 9.65. The maximum absolute atomic E-state index is 12.1. The molecule has 1 atom stereocenters. The molecule has 20 heavy (non-hydrogen) atoms. The summed E-state index contributed by atoms with van der Waals surface area (Å²) in [4.78, 5) is 14.0. The Morgan fingerprint density at radius 1 is 1.30 bits per heavy atom. The summed E-state index contributed by atoms with van der Waals surface area (Å²) >= 11 is 1.48. The van der Waals surface area contributed by atoms with E-state index in [-0.39, 0.29) is 11.9 Å². The first-order valence-electron chi connectivity index (χ1n) is 6.32. The summed E-state index contributed by atoms with van der Waals surface area (Å²) in [7, 11) is 0. The molecule has 0 aliphatic rings. The van der Waals surface area contributed by atoms with Crippen LogP contribution in [-0.4, -0.2) is 20.5 Å². The molecule has 0 aliphatic carbocycles. The molecule has 0 bridgehead atoms. The molecule has 0 radical (unpaired) electrons. The Bertz CT molecular complexity index is 761. The van der Waals surface area contributed by atoms with Gasteiger partial charge in [0.1, 0.15) is 0 Å². The highest BCUT2D eigenvalue weighted by Gasteiger charge is 2.17. The van der Waals surface area contributed by atoms with Gasteiger partial charge < -0.3 is 5.32 Å². The zero-order valence-electron chi connectivity index (χ0n) is 11.2. The van der Waals surface area contributed by atoms with Crippen LogP contribution in [0.25, 0.3) is 5.65 Å². The number of carbonyl (C=O) groups excluding carboxylic acids is 1. The average Bonchev–Trinajstić information content (AvgIpc) is 3.04. The number of nitrogens with zero attached hydrogens (tertiary/aromatic N) is 3. The normalized spacial score (nSPS) is 12.5. The topological polar surface area (TPSA) is 59.3 Å². The minimum atomic E-state index is -0.206. The van der Waals surface area contributed by atoms with Crippen molar-refractivity contribution in [2.24, 2.45) is 0 Å². The lowest BCUT2D eigenvalue weighted by atomic mass is 10.3. The molecule has 5 nitrogen and oxygen atoms in total. The van der Waals surface area contributed by atoms with Gasteiger partial charge in [0.25, 0.3) is 5.91 Å². The zero-order chi connectivity index (χ0) is 14.1. The van der Waals surface area contributed by atoms with Crippen molar-refractivity contribution in [3.63, 3.8) is 0 Å². The third-order valence-corrected chi connectivity index (χ3v) is 4.04. The minimum absolute atomic E-state index is 0.0803. The van der Waals surface area contributed by atoms with Crippen LogP contribution in [-0.2, 0) is 0 Å². The predicted octanol–water partition coefficient (Wildman–Crippen LogP) is 2.59. The van der Waals surface area contributed by atoms with E-state index in [9.17, 15) is 4.79 Å². The lowest BCUT2D eigenvalue weighted by Crippen LogP contribution is -2.27. The zero-order valence-corrected chi connectivity index (χ0v) is 12.0. The summed E-state index contributed by atoms with van der Waals surface area (Å²) in [6.45, 7) is 3.89. The van der Waals surface area contributed by atoms with E-state index in [0.717, 1.165) is 16.3 Å². The number of thiophene rings is 1. The van der Waals surface area contributed by atoms with Crippen LogP contribution >= 0.6 is 11.3 Å². The molecule has 0 fully saturated rings. The van der Waals surface area contributed by atoms with Crippen molar-refractivity contribution in [3.8, 4) is 0 Å². The summed E-state index contributed by atoms with van der Waals surface area (Å²) < 4.78 is 1.88. The van der Waals surface area contributed by atoms with Crippen LogP contribution in [0.5, 0.6) is 0 Å². The number of aryl methyl sites for hydroxylation is 1. The van der Waals surface area contributed by atoms with Crippen LogP contribution < -0.4 is 5.32 Å². The number of fused-ring (bicyclic) bond motifs is 1. The third kappa shape index (κ3) is 2.30. The first kappa shape index (κ1) is 12.8. The maximum Gasteiger partial charge on any atom is 0.261 e. The Morgan fingerprint density at radius 2 is 2.15 bits per heavy atom. The molecule has 1 unspecified atom stereocenters. The van der Waals surface area contributed by atoms with Gasteiger partial charge in [0.05, 0.1) is 10.9 Å². The van der Waals surface area contributed by atoms with Gasteiger partial charge in [0, 0.05) is 11.1 Å². The van der Waals surface area contributed by atoms with Crippen LogP contribution in [0.15, 0.2) is 36.5 Å². The molecule has 0 aliphatic heterocycles. The first-order valence-corrected chi connectivity index (χ1v) is 7.14. The fourth-order valence-electron chi connectivity index (χ4n) is 2.04. The Kier molecular flexibility index (Phi) is 3.23. The molecule has 3 aromatic heterocycles. The smallest absolute Gasteiger partial charge is 0.261 e. The number of pyridine rings is 1. The number of aromatic nitrogens is 3. The third-order valence-electron chi connectivity index (χ3n) is 3.04. The molecule has 3 heterocycles. The van der Waals surface area contributed by atoms with Gasteiger partial charge in [-0.25, -0.2) is 0 Å². The average molecular weight is 286 g/mol. The van der Waals surface area contributed by atoms with E-state index in [1.165, 1.54) is 11.3 Å². The van der Waals surface area contributed by atoms with Gasteiger partial charge in [0.2, 0.25) is 0 Å². The van der Waals surface area contributed by atoms with Crippen LogP contribution in [0.4, 0.5) is 0 Å². The molecular formula is C14H14N4OS. The molecule has 102 valence electrons. The molecule has 0 saturated carbocycles. The summed E-state index contributed by atoms with van der Waals surface area (Å²) in [6, 6.07) is 9.28. The predicted molar refractivity (Wildman–Crippen MR) is 77.9 cm³/mol. The standard InChI is InChI=1S/C14H14N4OS/c1-9-6-7-11(20-9)14(19)15-10(2)13-17-16-12-5-3-4-8-18(12)13/h3-8,10H,1-2H3,(H,15,19). The van der Waals surface area contributed by atoms with Gasteiger partial charge in [-0.15, -0.1) is 21.5 Å². The molecular weight excluding hydrogens is 272 g/mol. The van der Waals surface area contributed by atoms with Crippen molar-refractivity contribution in [2.45, 2.75) is 19.9 Å². The van der Waals surface area contributed by atoms with E-state index in [0.29, 0.717) is 4.88 Å². The van der Waals surface area contributed by atoms with E-state index in [4.69, 9.17) is 0 Å². The lowest BCUT2D eigenvalue weighted by molar-refractivity contribution is 0.0942. The van der Waals surface area contributed by atoms with Gasteiger partial charge in [-0.05, 0) is 38.1 Å². The Hall–Kier alpha value is -2.21. The van der Waals surface area contributed by atoms with Gasteiger partial charge in [-0.3, -0.25) is 9.20 Å². The van der Waals surface area contributed by atoms with Crippen LogP contribution in [0, 0.1) is 6.92 Å². The quantitative estimate of drug-likeness (QED) is 0.805. The van der Waals surface area contributed by atoms with Crippen molar-refractivity contribution >= 4 is 22.9 Å². The monoisotopic (exact) mass is 286 g/mol. The number of carbonyl (C=O) groups is 1. The van der Waals surface area contributed by atoms with Crippen LogP contribution in [0.2, 0.25) is 0 Å². The van der Waals surface area contributed by atoms with Crippen molar-refractivity contribution in [3.05, 3.63) is 52.1 Å². The fourth-order valence-corrected chi connectivity index (χ4v) is 2.81. The van der Waals surface area contributed by atoms with Crippen LogP contribution in [0.1, 0.15) is 33.3 Å². The second-order valence-electron chi connectivity index (χ2n) is 4.59. The second-order valence-corrected chi connectivity index (χ2v) is 5.88. The van der Waals surface area contributed by atoms with E-state index in [2.05, 4.69) is 15.5 Å². The van der Waals surface area contributed by atoms with E-state index in [1.807, 2.05) is 54.8 Å².